The summed E-state index contributed by atoms with van der Waals surface area (Å²) in [5.41, 5.74) is 1.87. The summed E-state index contributed by atoms with van der Waals surface area (Å²) in [5, 5.41) is 9.39. The Bertz CT molecular complexity index is 1650. The van der Waals surface area contributed by atoms with Gasteiger partial charge in [0.15, 0.2) is 11.5 Å². The molecule has 1 fully saturated rings. The van der Waals surface area contributed by atoms with Crippen molar-refractivity contribution in [2.45, 2.75) is 44.6 Å². The molecule has 5 rings (SSSR count). The van der Waals surface area contributed by atoms with Gasteiger partial charge in [0.2, 0.25) is 10.0 Å². The largest absolute Gasteiger partial charge is 0.478 e. The molecule has 1 N–H and O–H groups in total. The smallest absolute Gasteiger partial charge is 0.328 e. The van der Waals surface area contributed by atoms with Gasteiger partial charge in [-0.05, 0) is 62.2 Å². The van der Waals surface area contributed by atoms with Crippen molar-refractivity contribution in [2.75, 3.05) is 32.9 Å². The normalized spacial score (nSPS) is 19.5. The first kappa shape index (κ1) is 31.0. The number of carboxylic acids is 1. The van der Waals surface area contributed by atoms with E-state index in [1.165, 1.54) is 23.5 Å². The molecule has 1 atom stereocenters. The van der Waals surface area contributed by atoms with Crippen LogP contribution in [0.5, 0.6) is 11.5 Å². The molecule has 0 spiro atoms. The number of ether oxygens (including phenoxy) is 2. The highest BCUT2D eigenvalue weighted by Gasteiger charge is 2.43. The van der Waals surface area contributed by atoms with Crippen LogP contribution in [0.4, 0.5) is 4.39 Å². The molecule has 0 bridgehead atoms. The fourth-order valence-electron chi connectivity index (χ4n) is 5.55. The first-order valence-corrected chi connectivity index (χ1v) is 16.1. The highest BCUT2D eigenvalue weighted by atomic mass is 35.5. The number of benzene rings is 2. The maximum Gasteiger partial charge on any atom is 0.328 e. The highest BCUT2D eigenvalue weighted by molar-refractivity contribution is 7.88. The van der Waals surface area contributed by atoms with Crippen molar-refractivity contribution < 1.29 is 32.2 Å². The second-order valence-corrected chi connectivity index (χ2v) is 13.5. The van der Waals surface area contributed by atoms with Crippen molar-refractivity contribution in [2.24, 2.45) is 0 Å². The number of likely N-dealkylation sites (tertiary alicyclic amines) is 1. The molecule has 0 saturated carbocycles. The van der Waals surface area contributed by atoms with E-state index in [4.69, 9.17) is 26.2 Å². The van der Waals surface area contributed by atoms with E-state index >= 15 is 0 Å². The summed E-state index contributed by atoms with van der Waals surface area (Å²) < 4.78 is 54.2. The van der Waals surface area contributed by atoms with Crippen LogP contribution in [0, 0.1) is 5.82 Å². The molecule has 2 aliphatic heterocycles. The number of rotatable bonds is 10. The average Bonchev–Trinajstić information content (AvgIpc) is 3.49. The third kappa shape index (κ3) is 6.87. The maximum absolute atomic E-state index is 14.8. The Morgan fingerprint density at radius 2 is 2.00 bits per heavy atom. The SMILES string of the molecule is CN(CCn1c(/C=C/C(=O)O)cnc1CN1CCC(c2cccc3c2OC(C)(c2ccc(Cl)cc2F)O3)CC1)S(C)(=O)=O. The van der Waals surface area contributed by atoms with Crippen LogP contribution in [-0.4, -0.2) is 71.2 Å². The van der Waals surface area contributed by atoms with Gasteiger partial charge in [-0.15, -0.1) is 0 Å². The summed E-state index contributed by atoms with van der Waals surface area (Å²) in [6.07, 6.45) is 6.94. The second-order valence-electron chi connectivity index (χ2n) is 11.0. The van der Waals surface area contributed by atoms with E-state index < -0.39 is 27.6 Å². The van der Waals surface area contributed by atoms with Crippen LogP contribution < -0.4 is 9.47 Å². The molecule has 0 amide bonds. The van der Waals surface area contributed by atoms with Gasteiger partial charge in [0.25, 0.3) is 5.79 Å². The van der Waals surface area contributed by atoms with Gasteiger partial charge in [-0.1, -0.05) is 23.7 Å². The number of para-hydroxylation sites is 1. The lowest BCUT2D eigenvalue weighted by Gasteiger charge is -2.32. The zero-order chi connectivity index (χ0) is 30.9. The number of nitrogens with zero attached hydrogens (tertiary/aromatic N) is 4. The second kappa shape index (κ2) is 12.3. The quantitative estimate of drug-likeness (QED) is 0.320. The van der Waals surface area contributed by atoms with Gasteiger partial charge in [-0.3, -0.25) is 4.90 Å². The van der Waals surface area contributed by atoms with Crippen LogP contribution in [0.2, 0.25) is 5.02 Å². The van der Waals surface area contributed by atoms with Gasteiger partial charge < -0.3 is 19.1 Å². The number of carboxylic acid groups (broad SMARTS) is 1. The van der Waals surface area contributed by atoms with Crippen LogP contribution in [0.25, 0.3) is 6.08 Å². The van der Waals surface area contributed by atoms with Gasteiger partial charge in [-0.25, -0.2) is 26.9 Å². The van der Waals surface area contributed by atoms with Crippen LogP contribution >= 0.6 is 11.6 Å². The lowest BCUT2D eigenvalue weighted by molar-refractivity contribution is -0.131. The van der Waals surface area contributed by atoms with Crippen LogP contribution in [-0.2, 0) is 33.7 Å². The fraction of sp³-hybridized carbons (Fsp3) is 0.400. The summed E-state index contributed by atoms with van der Waals surface area (Å²) >= 11 is 5.95. The van der Waals surface area contributed by atoms with Gasteiger partial charge in [0.1, 0.15) is 11.6 Å². The summed E-state index contributed by atoms with van der Waals surface area (Å²) in [7, 11) is -1.86. The number of piperidine rings is 1. The lowest BCUT2D eigenvalue weighted by atomic mass is 9.88. The van der Waals surface area contributed by atoms with E-state index in [2.05, 4.69) is 9.88 Å². The number of hydrogen-bond acceptors (Lipinski definition) is 7. The number of hydrogen-bond donors (Lipinski definition) is 1. The first-order valence-electron chi connectivity index (χ1n) is 13.9. The molecular formula is C30H34ClFN4O6S. The van der Waals surface area contributed by atoms with Gasteiger partial charge >= 0.3 is 5.97 Å². The minimum absolute atomic E-state index is 0.199. The van der Waals surface area contributed by atoms with Crippen LogP contribution in [0.15, 0.2) is 48.7 Å². The number of imidazole rings is 1. The van der Waals surface area contributed by atoms with Crippen molar-refractivity contribution in [3.8, 4) is 11.5 Å². The van der Waals surface area contributed by atoms with E-state index in [9.17, 15) is 17.6 Å². The molecule has 13 heteroatoms. The topological polar surface area (TPSA) is 114 Å². The number of halogens is 2. The number of likely N-dealkylation sites (N-methyl/N-ethyl adjacent to an activating group) is 1. The molecule has 3 heterocycles. The molecule has 2 aliphatic rings. The van der Waals surface area contributed by atoms with Gasteiger partial charge in [0, 0.05) is 43.7 Å². The van der Waals surface area contributed by atoms with Gasteiger partial charge in [0.05, 0.1) is 30.3 Å². The van der Waals surface area contributed by atoms with Crippen LogP contribution in [0.3, 0.4) is 0 Å². The average molecular weight is 633 g/mol. The van der Waals surface area contributed by atoms with Gasteiger partial charge in [-0.2, -0.15) is 0 Å². The molecule has 230 valence electrons. The van der Waals surface area contributed by atoms with E-state index in [0.717, 1.165) is 49.7 Å². The van der Waals surface area contributed by atoms with E-state index in [1.807, 2.05) is 22.8 Å². The fourth-order valence-corrected chi connectivity index (χ4v) is 6.12. The predicted molar refractivity (Wildman–Crippen MR) is 160 cm³/mol. The van der Waals surface area contributed by atoms with E-state index in [1.54, 1.807) is 25.3 Å². The number of fused-ring (bicyclic) bond motifs is 1. The molecule has 10 nitrogen and oxygen atoms in total. The Kier molecular flexibility index (Phi) is 8.85. The predicted octanol–water partition coefficient (Wildman–Crippen LogP) is 4.69. The molecule has 0 aliphatic carbocycles. The molecule has 3 aromatic rings. The minimum Gasteiger partial charge on any atom is -0.478 e. The Morgan fingerprint density at radius 1 is 1.26 bits per heavy atom. The van der Waals surface area contributed by atoms with E-state index in [-0.39, 0.29) is 18.0 Å². The molecule has 1 saturated heterocycles. The van der Waals surface area contributed by atoms with Crippen molar-refractivity contribution in [1.82, 2.24) is 18.8 Å². The highest BCUT2D eigenvalue weighted by Crippen LogP contribution is 2.49. The number of carbonyl (C=O) groups is 1. The molecule has 0 radical (unpaired) electrons. The van der Waals surface area contributed by atoms with E-state index in [0.29, 0.717) is 35.3 Å². The number of aromatic nitrogens is 2. The molecule has 1 aromatic heterocycles. The Labute approximate surface area is 255 Å². The first-order chi connectivity index (χ1) is 20.3. The zero-order valence-corrected chi connectivity index (χ0v) is 25.7. The Balaban J connectivity index is 1.28. The van der Waals surface area contributed by atoms with Crippen molar-refractivity contribution in [1.29, 1.82) is 0 Å². The molecule has 1 unspecified atom stereocenters. The lowest BCUT2D eigenvalue weighted by Crippen LogP contribution is -2.34. The zero-order valence-electron chi connectivity index (χ0n) is 24.2. The molecular weight excluding hydrogens is 599 g/mol. The minimum atomic E-state index is -3.36. The number of aliphatic carboxylic acids is 1. The third-order valence-corrected chi connectivity index (χ3v) is 9.54. The number of sulfonamides is 1. The Morgan fingerprint density at radius 3 is 2.67 bits per heavy atom. The van der Waals surface area contributed by atoms with Crippen molar-refractivity contribution in [3.63, 3.8) is 0 Å². The summed E-state index contributed by atoms with van der Waals surface area (Å²) in [6.45, 7) is 4.31. The molecule has 2 aromatic carbocycles. The maximum atomic E-state index is 14.8. The van der Waals surface area contributed by atoms with Crippen LogP contribution in [0.1, 0.15) is 48.3 Å². The summed E-state index contributed by atoms with van der Waals surface area (Å²) in [4.78, 5) is 17.9. The summed E-state index contributed by atoms with van der Waals surface area (Å²) in [6, 6.07) is 10.2. The monoisotopic (exact) mass is 632 g/mol. The Hall–Kier alpha value is -3.45. The molecule has 43 heavy (non-hydrogen) atoms. The standard InChI is InChI=1S/C30H34ClFN4O6S/c1-30(24-9-7-21(31)17-25(24)32)41-26-6-4-5-23(29(26)42-30)20-11-13-35(14-12-20)19-27-33-18-22(8-10-28(37)38)36(27)16-15-34(2)43(3,39)40/h4-10,17-18,20H,11-16,19H2,1-3H3,(H,37,38)/b10-8+. The van der Waals surface area contributed by atoms with Crippen molar-refractivity contribution in [3.05, 3.63) is 82.2 Å². The van der Waals surface area contributed by atoms with Crippen molar-refractivity contribution >= 4 is 33.7 Å². The summed E-state index contributed by atoms with van der Waals surface area (Å²) in [5.74, 6) is -0.778. The third-order valence-electron chi connectivity index (χ3n) is 7.99.